The molecule has 0 unspecified atom stereocenters. The van der Waals surface area contributed by atoms with Gasteiger partial charge in [0.15, 0.2) is 0 Å². The van der Waals surface area contributed by atoms with Crippen LogP contribution < -0.4 is 15.5 Å². The van der Waals surface area contributed by atoms with Crippen molar-refractivity contribution in [1.82, 2.24) is 4.57 Å². The molecule has 0 atom stereocenters. The van der Waals surface area contributed by atoms with Crippen molar-refractivity contribution in [2.45, 2.75) is 27.7 Å². The number of carbonyl (C=O) groups is 2. The molecule has 0 spiro atoms. The van der Waals surface area contributed by atoms with E-state index in [1.165, 1.54) is 7.11 Å². The fourth-order valence-electron chi connectivity index (χ4n) is 3.97. The minimum absolute atomic E-state index is 0.354. The number of carbonyl (C=O) groups excluding carboxylic acids is 2. The SMILES string of the molecule is COC(=O)c1cccn1-c1cc(Cl)c(N(CC(C)C)CC(C)C)c(NC(=O)Nc2ccc(Br)cc2)c1. The van der Waals surface area contributed by atoms with Gasteiger partial charge in [0.05, 0.1) is 23.5 Å². The molecule has 0 fully saturated rings. The third-order valence-electron chi connectivity index (χ3n) is 5.31. The van der Waals surface area contributed by atoms with Crippen LogP contribution in [0.3, 0.4) is 0 Å². The summed E-state index contributed by atoms with van der Waals surface area (Å²) >= 11 is 10.3. The molecule has 3 rings (SSSR count). The van der Waals surface area contributed by atoms with E-state index >= 15 is 0 Å². The second-order valence-corrected chi connectivity index (χ2v) is 10.7. The summed E-state index contributed by atoms with van der Waals surface area (Å²) in [6.45, 7) is 10.1. The quantitative estimate of drug-likeness (QED) is 0.260. The smallest absolute Gasteiger partial charge is 0.355 e. The number of benzene rings is 2. The van der Waals surface area contributed by atoms with Crippen LogP contribution in [0.4, 0.5) is 21.9 Å². The monoisotopic (exact) mass is 574 g/mol. The van der Waals surface area contributed by atoms with Crippen LogP contribution in [0.5, 0.6) is 0 Å². The maximum atomic E-state index is 13.0. The fourth-order valence-corrected chi connectivity index (χ4v) is 4.57. The van der Waals surface area contributed by atoms with Crippen LogP contribution in [0.1, 0.15) is 38.2 Å². The van der Waals surface area contributed by atoms with Crippen LogP contribution in [0.25, 0.3) is 5.69 Å². The van der Waals surface area contributed by atoms with Crippen LogP contribution in [0.2, 0.25) is 5.02 Å². The normalized spacial score (nSPS) is 11.0. The Hall–Kier alpha value is -2.97. The average Bonchev–Trinajstić information content (AvgIpc) is 3.29. The van der Waals surface area contributed by atoms with E-state index in [9.17, 15) is 9.59 Å². The summed E-state index contributed by atoms with van der Waals surface area (Å²) in [4.78, 5) is 27.5. The molecule has 0 saturated heterocycles. The van der Waals surface area contributed by atoms with Crippen molar-refractivity contribution in [2.24, 2.45) is 11.8 Å². The van der Waals surface area contributed by atoms with Gasteiger partial charge in [0.25, 0.3) is 0 Å². The zero-order valence-corrected chi connectivity index (χ0v) is 23.5. The minimum Gasteiger partial charge on any atom is -0.464 e. The van der Waals surface area contributed by atoms with Gasteiger partial charge in [0.1, 0.15) is 5.69 Å². The van der Waals surface area contributed by atoms with Crippen LogP contribution in [-0.4, -0.2) is 36.8 Å². The Bertz CT molecular complexity index is 1200. The Morgan fingerprint density at radius 3 is 2.25 bits per heavy atom. The van der Waals surface area contributed by atoms with Gasteiger partial charge in [-0.3, -0.25) is 0 Å². The lowest BCUT2D eigenvalue weighted by Gasteiger charge is -2.31. The van der Waals surface area contributed by atoms with Crippen LogP contribution in [0, 0.1) is 11.8 Å². The molecule has 7 nitrogen and oxygen atoms in total. The van der Waals surface area contributed by atoms with Crippen molar-refractivity contribution < 1.29 is 14.3 Å². The first-order valence-corrected chi connectivity index (χ1v) is 12.9. The molecule has 2 aromatic carbocycles. The van der Waals surface area contributed by atoms with Crippen molar-refractivity contribution in [3.63, 3.8) is 0 Å². The molecule has 36 heavy (non-hydrogen) atoms. The summed E-state index contributed by atoms with van der Waals surface area (Å²) in [6, 6.07) is 14.0. The van der Waals surface area contributed by atoms with E-state index in [-0.39, 0.29) is 0 Å². The third-order valence-corrected chi connectivity index (χ3v) is 6.12. The van der Waals surface area contributed by atoms with Crippen LogP contribution >= 0.6 is 27.5 Å². The number of hydrogen-bond acceptors (Lipinski definition) is 4. The van der Waals surface area contributed by atoms with E-state index in [2.05, 4.69) is 59.2 Å². The summed E-state index contributed by atoms with van der Waals surface area (Å²) in [5.41, 5.74) is 2.91. The predicted molar refractivity (Wildman–Crippen MR) is 151 cm³/mol. The van der Waals surface area contributed by atoms with Crippen molar-refractivity contribution in [2.75, 3.05) is 35.7 Å². The number of hydrogen-bond donors (Lipinski definition) is 2. The molecule has 1 heterocycles. The van der Waals surface area contributed by atoms with Crippen LogP contribution in [-0.2, 0) is 4.74 Å². The van der Waals surface area contributed by atoms with E-state index in [0.29, 0.717) is 39.6 Å². The first-order chi connectivity index (χ1) is 17.1. The Morgan fingerprint density at radius 1 is 1.03 bits per heavy atom. The molecule has 9 heteroatoms. The number of nitrogens with one attached hydrogen (secondary N) is 2. The summed E-state index contributed by atoms with van der Waals surface area (Å²) < 4.78 is 7.53. The number of methoxy groups -OCH3 is 1. The van der Waals surface area contributed by atoms with Gasteiger partial charge in [-0.2, -0.15) is 0 Å². The van der Waals surface area contributed by atoms with E-state index in [1.54, 1.807) is 41.1 Å². The Kier molecular flexibility index (Phi) is 9.45. The molecule has 0 bridgehead atoms. The Morgan fingerprint density at radius 2 is 1.67 bits per heavy atom. The molecule has 0 aliphatic rings. The van der Waals surface area contributed by atoms with Gasteiger partial charge in [-0.25, -0.2) is 9.59 Å². The molecule has 2 amide bonds. The summed E-state index contributed by atoms with van der Waals surface area (Å²) in [7, 11) is 1.34. The molecule has 1 aromatic heterocycles. The van der Waals surface area contributed by atoms with Crippen molar-refractivity contribution in [1.29, 1.82) is 0 Å². The van der Waals surface area contributed by atoms with Crippen molar-refractivity contribution in [3.05, 3.63) is 69.9 Å². The molecule has 0 aliphatic carbocycles. The number of amides is 2. The minimum atomic E-state index is -0.469. The van der Waals surface area contributed by atoms with Gasteiger partial charge in [-0.05, 0) is 60.4 Å². The van der Waals surface area contributed by atoms with Crippen molar-refractivity contribution >= 4 is 56.6 Å². The van der Waals surface area contributed by atoms with E-state index in [4.69, 9.17) is 16.3 Å². The third kappa shape index (κ3) is 7.04. The van der Waals surface area contributed by atoms with Gasteiger partial charge in [0.2, 0.25) is 0 Å². The predicted octanol–water partition coefficient (Wildman–Crippen LogP) is 7.44. The van der Waals surface area contributed by atoms with Gasteiger partial charge in [-0.15, -0.1) is 0 Å². The van der Waals surface area contributed by atoms with Gasteiger partial charge in [0, 0.05) is 35.1 Å². The van der Waals surface area contributed by atoms with E-state index in [0.717, 1.165) is 23.2 Å². The molecule has 0 aliphatic heterocycles. The first kappa shape index (κ1) is 27.6. The first-order valence-electron chi connectivity index (χ1n) is 11.8. The molecule has 192 valence electrons. The topological polar surface area (TPSA) is 75.6 Å². The number of urea groups is 1. The highest BCUT2D eigenvalue weighted by atomic mass is 79.9. The maximum absolute atomic E-state index is 13.0. The highest BCUT2D eigenvalue weighted by Gasteiger charge is 2.22. The molecular formula is C27H32BrClN4O3. The molecule has 0 radical (unpaired) electrons. The van der Waals surface area contributed by atoms with Crippen LogP contribution in [0.15, 0.2) is 59.2 Å². The molecule has 2 N–H and O–H groups in total. The van der Waals surface area contributed by atoms with Crippen molar-refractivity contribution in [3.8, 4) is 5.69 Å². The number of ether oxygens (including phenoxy) is 1. The summed E-state index contributed by atoms with van der Waals surface area (Å²) in [5.74, 6) is 0.280. The van der Waals surface area contributed by atoms with E-state index < -0.39 is 12.0 Å². The second-order valence-electron chi connectivity index (χ2n) is 9.36. The van der Waals surface area contributed by atoms with E-state index in [1.807, 2.05) is 18.2 Å². The zero-order valence-electron chi connectivity index (χ0n) is 21.1. The lowest BCUT2D eigenvalue weighted by atomic mass is 10.1. The second kappa shape index (κ2) is 12.3. The standard InChI is InChI=1S/C27H32BrClN4O3/c1-17(2)15-32(16-18(3)4)25-22(29)13-21(33-12-6-7-24(33)26(34)36-5)14-23(25)31-27(35)30-20-10-8-19(28)9-11-20/h6-14,17-18H,15-16H2,1-5H3,(H2,30,31,35). The average molecular weight is 576 g/mol. The molecule has 0 saturated carbocycles. The number of rotatable bonds is 9. The largest absolute Gasteiger partial charge is 0.464 e. The summed E-state index contributed by atoms with van der Waals surface area (Å²) in [6.07, 6.45) is 1.75. The Labute approximate surface area is 225 Å². The Balaban J connectivity index is 2.07. The lowest BCUT2D eigenvalue weighted by molar-refractivity contribution is 0.0591. The summed E-state index contributed by atoms with van der Waals surface area (Å²) in [5, 5.41) is 6.32. The van der Waals surface area contributed by atoms with Gasteiger partial charge >= 0.3 is 12.0 Å². The number of aromatic nitrogens is 1. The molecule has 3 aromatic rings. The number of anilines is 3. The number of halogens is 2. The number of nitrogens with zero attached hydrogens (tertiary/aromatic N) is 2. The zero-order chi connectivity index (χ0) is 26.4. The highest BCUT2D eigenvalue weighted by molar-refractivity contribution is 9.10. The van der Waals surface area contributed by atoms with Gasteiger partial charge < -0.3 is 24.8 Å². The maximum Gasteiger partial charge on any atom is 0.355 e. The lowest BCUT2D eigenvalue weighted by Crippen LogP contribution is -2.33. The number of esters is 1. The highest BCUT2D eigenvalue weighted by Crippen LogP contribution is 2.38. The fraction of sp³-hybridized carbons (Fsp3) is 0.333. The molecular weight excluding hydrogens is 544 g/mol. The van der Waals surface area contributed by atoms with Gasteiger partial charge in [-0.1, -0.05) is 55.2 Å².